The SMILES string of the molecule is COc1cc(C)c(C#CCC=O)cc1C. The summed E-state index contributed by atoms with van der Waals surface area (Å²) in [6.07, 6.45) is 1.09. The number of benzene rings is 1. The second-order valence-corrected chi connectivity index (χ2v) is 3.31. The van der Waals surface area contributed by atoms with Crippen molar-refractivity contribution in [3.8, 4) is 17.6 Å². The summed E-state index contributed by atoms with van der Waals surface area (Å²) in [6, 6.07) is 3.94. The average Bonchev–Trinajstić information content (AvgIpc) is 2.23. The van der Waals surface area contributed by atoms with Crippen molar-refractivity contribution in [1.82, 2.24) is 0 Å². The number of ether oxygens (including phenoxy) is 1. The summed E-state index contributed by atoms with van der Waals surface area (Å²) >= 11 is 0. The largest absolute Gasteiger partial charge is 0.496 e. The van der Waals surface area contributed by atoms with Gasteiger partial charge in [0.25, 0.3) is 0 Å². The summed E-state index contributed by atoms with van der Waals surface area (Å²) < 4.78 is 5.20. The monoisotopic (exact) mass is 202 g/mol. The molecule has 0 radical (unpaired) electrons. The van der Waals surface area contributed by atoms with Gasteiger partial charge in [0.1, 0.15) is 12.0 Å². The summed E-state index contributed by atoms with van der Waals surface area (Å²) in [6.45, 7) is 3.95. The fourth-order valence-electron chi connectivity index (χ4n) is 1.33. The summed E-state index contributed by atoms with van der Waals surface area (Å²) in [5.74, 6) is 6.64. The molecule has 0 bridgehead atoms. The number of hydrogen-bond acceptors (Lipinski definition) is 2. The van der Waals surface area contributed by atoms with Gasteiger partial charge in [0.2, 0.25) is 0 Å². The van der Waals surface area contributed by atoms with Crippen LogP contribution in [-0.2, 0) is 4.79 Å². The molecular weight excluding hydrogens is 188 g/mol. The summed E-state index contributed by atoms with van der Waals surface area (Å²) in [7, 11) is 1.65. The Morgan fingerprint density at radius 3 is 2.67 bits per heavy atom. The van der Waals surface area contributed by atoms with Crippen molar-refractivity contribution in [3.05, 3.63) is 28.8 Å². The van der Waals surface area contributed by atoms with Crippen LogP contribution in [0, 0.1) is 25.7 Å². The van der Waals surface area contributed by atoms with E-state index in [0.717, 1.165) is 28.7 Å². The van der Waals surface area contributed by atoms with Gasteiger partial charge in [-0.25, -0.2) is 0 Å². The first-order valence-corrected chi connectivity index (χ1v) is 4.76. The molecule has 0 amide bonds. The van der Waals surface area contributed by atoms with Gasteiger partial charge < -0.3 is 9.53 Å². The van der Waals surface area contributed by atoms with Crippen LogP contribution in [0.5, 0.6) is 5.75 Å². The summed E-state index contributed by atoms with van der Waals surface area (Å²) in [5, 5.41) is 0. The molecule has 0 fully saturated rings. The van der Waals surface area contributed by atoms with Crippen molar-refractivity contribution in [2.75, 3.05) is 7.11 Å². The molecule has 0 saturated heterocycles. The standard InChI is InChI=1S/C13H14O2/c1-10-9-13(15-3)11(2)8-12(10)6-4-5-7-14/h7-9H,5H2,1-3H3. The molecule has 0 aliphatic rings. The zero-order valence-electron chi connectivity index (χ0n) is 9.26. The van der Waals surface area contributed by atoms with Gasteiger partial charge in [-0.05, 0) is 37.1 Å². The van der Waals surface area contributed by atoms with E-state index >= 15 is 0 Å². The Kier molecular flexibility index (Phi) is 3.93. The lowest BCUT2D eigenvalue weighted by Gasteiger charge is -2.07. The van der Waals surface area contributed by atoms with Crippen LogP contribution in [0.1, 0.15) is 23.1 Å². The molecule has 0 N–H and O–H groups in total. The van der Waals surface area contributed by atoms with Gasteiger partial charge in [-0.3, -0.25) is 0 Å². The number of hydrogen-bond donors (Lipinski definition) is 0. The highest BCUT2D eigenvalue weighted by atomic mass is 16.5. The third-order valence-electron chi connectivity index (χ3n) is 2.15. The Balaban J connectivity index is 3.06. The number of carbonyl (C=O) groups is 1. The highest BCUT2D eigenvalue weighted by molar-refractivity contribution is 5.56. The van der Waals surface area contributed by atoms with E-state index in [2.05, 4.69) is 11.8 Å². The van der Waals surface area contributed by atoms with Crippen LogP contribution in [0.25, 0.3) is 0 Å². The zero-order valence-corrected chi connectivity index (χ0v) is 9.26. The van der Waals surface area contributed by atoms with Crippen LogP contribution in [0.4, 0.5) is 0 Å². The molecule has 15 heavy (non-hydrogen) atoms. The summed E-state index contributed by atoms with van der Waals surface area (Å²) in [4.78, 5) is 10.1. The lowest BCUT2D eigenvalue weighted by atomic mass is 10.0. The quantitative estimate of drug-likeness (QED) is 0.543. The van der Waals surface area contributed by atoms with Crippen molar-refractivity contribution < 1.29 is 9.53 Å². The van der Waals surface area contributed by atoms with Crippen LogP contribution >= 0.6 is 0 Å². The van der Waals surface area contributed by atoms with Gasteiger partial charge in [0, 0.05) is 5.56 Å². The Hall–Kier alpha value is -1.75. The minimum atomic E-state index is 0.282. The molecule has 0 aliphatic heterocycles. The number of rotatable bonds is 2. The number of aryl methyl sites for hydroxylation is 2. The predicted molar refractivity (Wildman–Crippen MR) is 60.0 cm³/mol. The highest BCUT2D eigenvalue weighted by Gasteiger charge is 2.02. The van der Waals surface area contributed by atoms with Gasteiger partial charge >= 0.3 is 0 Å². The molecule has 0 aliphatic carbocycles. The topological polar surface area (TPSA) is 26.3 Å². The normalized spacial score (nSPS) is 9.00. The Labute approximate surface area is 90.3 Å². The maximum atomic E-state index is 10.1. The van der Waals surface area contributed by atoms with Crippen LogP contribution in [0.15, 0.2) is 12.1 Å². The molecule has 0 heterocycles. The molecule has 0 aromatic heterocycles. The molecular formula is C13H14O2. The lowest BCUT2D eigenvalue weighted by molar-refractivity contribution is -0.107. The summed E-state index contributed by atoms with van der Waals surface area (Å²) in [5.41, 5.74) is 3.07. The molecule has 1 rings (SSSR count). The predicted octanol–water partition coefficient (Wildman–Crippen LogP) is 2.25. The first kappa shape index (κ1) is 11.3. The van der Waals surface area contributed by atoms with Crippen LogP contribution in [-0.4, -0.2) is 13.4 Å². The third kappa shape index (κ3) is 2.85. The first-order chi connectivity index (χ1) is 7.19. The molecule has 1 aromatic carbocycles. The van der Waals surface area contributed by atoms with Gasteiger partial charge in [-0.2, -0.15) is 0 Å². The van der Waals surface area contributed by atoms with Gasteiger partial charge in [-0.15, -0.1) is 0 Å². The molecule has 0 spiro atoms. The minimum absolute atomic E-state index is 0.282. The van der Waals surface area contributed by atoms with E-state index in [4.69, 9.17) is 4.74 Å². The first-order valence-electron chi connectivity index (χ1n) is 4.76. The molecule has 0 atom stereocenters. The van der Waals surface area contributed by atoms with Gasteiger partial charge in [0.15, 0.2) is 0 Å². The zero-order chi connectivity index (χ0) is 11.3. The highest BCUT2D eigenvalue weighted by Crippen LogP contribution is 2.21. The van der Waals surface area contributed by atoms with E-state index in [9.17, 15) is 4.79 Å². The maximum absolute atomic E-state index is 10.1. The van der Waals surface area contributed by atoms with Gasteiger partial charge in [-0.1, -0.05) is 11.8 Å². The van der Waals surface area contributed by atoms with Crippen LogP contribution < -0.4 is 4.74 Å². The van der Waals surface area contributed by atoms with Crippen LogP contribution in [0.3, 0.4) is 0 Å². The van der Waals surface area contributed by atoms with Crippen molar-refractivity contribution in [1.29, 1.82) is 0 Å². The minimum Gasteiger partial charge on any atom is -0.496 e. The van der Waals surface area contributed by atoms with E-state index in [0.29, 0.717) is 0 Å². The number of methoxy groups -OCH3 is 1. The van der Waals surface area contributed by atoms with Crippen molar-refractivity contribution >= 4 is 6.29 Å². The Morgan fingerprint density at radius 1 is 1.33 bits per heavy atom. The smallest absolute Gasteiger partial charge is 0.131 e. The molecule has 0 unspecified atom stereocenters. The molecule has 0 saturated carbocycles. The van der Waals surface area contributed by atoms with E-state index < -0.39 is 0 Å². The number of carbonyl (C=O) groups excluding carboxylic acids is 1. The fourth-order valence-corrected chi connectivity index (χ4v) is 1.33. The second-order valence-electron chi connectivity index (χ2n) is 3.31. The Bertz CT molecular complexity index is 422. The lowest BCUT2D eigenvalue weighted by Crippen LogP contribution is -1.91. The van der Waals surface area contributed by atoms with Gasteiger partial charge in [0.05, 0.1) is 13.5 Å². The second kappa shape index (κ2) is 5.21. The fraction of sp³-hybridized carbons (Fsp3) is 0.308. The average molecular weight is 202 g/mol. The maximum Gasteiger partial charge on any atom is 0.131 e. The molecule has 2 heteroatoms. The van der Waals surface area contributed by atoms with Crippen molar-refractivity contribution in [2.24, 2.45) is 0 Å². The van der Waals surface area contributed by atoms with E-state index in [1.165, 1.54) is 0 Å². The third-order valence-corrected chi connectivity index (χ3v) is 2.15. The molecule has 1 aromatic rings. The molecule has 78 valence electrons. The molecule has 2 nitrogen and oxygen atoms in total. The number of aldehydes is 1. The van der Waals surface area contributed by atoms with E-state index in [-0.39, 0.29) is 6.42 Å². The van der Waals surface area contributed by atoms with E-state index in [1.807, 2.05) is 26.0 Å². The van der Waals surface area contributed by atoms with Crippen molar-refractivity contribution in [2.45, 2.75) is 20.3 Å². The Morgan fingerprint density at radius 2 is 2.07 bits per heavy atom. The van der Waals surface area contributed by atoms with E-state index in [1.54, 1.807) is 7.11 Å². The van der Waals surface area contributed by atoms with Crippen molar-refractivity contribution in [3.63, 3.8) is 0 Å². The van der Waals surface area contributed by atoms with Crippen LogP contribution in [0.2, 0.25) is 0 Å².